The topological polar surface area (TPSA) is 64.7 Å². The van der Waals surface area contributed by atoms with Crippen LogP contribution in [0.5, 0.6) is 0 Å². The largest absolute Gasteiger partial charge is 0.366 e. The van der Waals surface area contributed by atoms with Gasteiger partial charge in [0.15, 0.2) is 0 Å². The molecule has 0 atom stereocenters. The van der Waals surface area contributed by atoms with Crippen LogP contribution in [0.3, 0.4) is 0 Å². The minimum atomic E-state index is -0.515. The second kappa shape index (κ2) is 2.82. The molecule has 0 aromatic rings. The van der Waals surface area contributed by atoms with Gasteiger partial charge in [0, 0.05) is 0 Å². The van der Waals surface area contributed by atoms with Crippen LogP contribution in [-0.4, -0.2) is 12.1 Å². The summed E-state index contributed by atoms with van der Waals surface area (Å²) in [5, 5.41) is 3.39. The third-order valence-corrected chi connectivity index (χ3v) is 0.952. The van der Waals surface area contributed by atoms with Crippen LogP contribution >= 0.6 is 0 Å². The van der Waals surface area contributed by atoms with Gasteiger partial charge in [0.05, 0.1) is 11.8 Å². The highest BCUT2D eigenvalue weighted by Crippen LogP contribution is 1.95. The number of amides is 1. The van der Waals surface area contributed by atoms with Crippen molar-refractivity contribution in [3.05, 3.63) is 24.0 Å². The minimum absolute atomic E-state index is 0.328. The van der Waals surface area contributed by atoms with Gasteiger partial charge in [0.2, 0.25) is 5.91 Å². The SMILES string of the molecule is NC(=O)C1=CC=CON=C1. The molecule has 0 saturated heterocycles. The van der Waals surface area contributed by atoms with E-state index in [-0.39, 0.29) is 0 Å². The Bertz CT molecular complexity index is 228. The van der Waals surface area contributed by atoms with Crippen molar-refractivity contribution in [2.45, 2.75) is 0 Å². The highest BCUT2D eigenvalue weighted by Gasteiger charge is 2.00. The second-order valence-corrected chi connectivity index (χ2v) is 1.65. The molecule has 4 heteroatoms. The standard InChI is InChI=1S/C6H6N2O2/c7-6(9)5-2-1-3-10-8-4-5/h1-4H,(H2,7,9). The van der Waals surface area contributed by atoms with Crippen molar-refractivity contribution in [1.29, 1.82) is 0 Å². The molecule has 2 N–H and O–H groups in total. The predicted octanol–water partition coefficient (Wildman–Crippen LogP) is -0.0722. The van der Waals surface area contributed by atoms with Gasteiger partial charge in [-0.15, -0.1) is 0 Å². The van der Waals surface area contributed by atoms with Crippen LogP contribution in [-0.2, 0) is 9.63 Å². The first-order valence-electron chi connectivity index (χ1n) is 2.66. The third-order valence-electron chi connectivity index (χ3n) is 0.952. The van der Waals surface area contributed by atoms with Crippen molar-refractivity contribution < 1.29 is 9.63 Å². The Morgan fingerprint density at radius 2 is 2.50 bits per heavy atom. The molecule has 0 bridgehead atoms. The van der Waals surface area contributed by atoms with Gasteiger partial charge in [-0.05, 0) is 12.2 Å². The maximum Gasteiger partial charge on any atom is 0.250 e. The van der Waals surface area contributed by atoms with Crippen molar-refractivity contribution in [1.82, 2.24) is 0 Å². The zero-order valence-electron chi connectivity index (χ0n) is 5.15. The second-order valence-electron chi connectivity index (χ2n) is 1.65. The summed E-state index contributed by atoms with van der Waals surface area (Å²) < 4.78 is 0. The molecular formula is C6H6N2O2. The van der Waals surface area contributed by atoms with E-state index in [4.69, 9.17) is 5.73 Å². The Kier molecular flexibility index (Phi) is 1.84. The van der Waals surface area contributed by atoms with Crippen LogP contribution in [0.1, 0.15) is 0 Å². The number of primary amides is 1. The molecule has 1 aliphatic heterocycles. The van der Waals surface area contributed by atoms with Crippen LogP contribution in [0, 0.1) is 0 Å². The summed E-state index contributed by atoms with van der Waals surface area (Å²) in [4.78, 5) is 15.0. The number of rotatable bonds is 1. The molecule has 4 nitrogen and oxygen atoms in total. The normalized spacial score (nSPS) is 15.4. The van der Waals surface area contributed by atoms with Crippen LogP contribution in [0.4, 0.5) is 0 Å². The number of carbonyl (C=O) groups excluding carboxylic acids is 1. The molecule has 0 aromatic carbocycles. The fourth-order valence-electron chi connectivity index (χ4n) is 0.489. The summed E-state index contributed by atoms with van der Waals surface area (Å²) in [6.07, 6.45) is 5.70. The molecule has 0 aliphatic carbocycles. The summed E-state index contributed by atoms with van der Waals surface area (Å²) in [5.74, 6) is -0.515. The minimum Gasteiger partial charge on any atom is -0.366 e. The summed E-state index contributed by atoms with van der Waals surface area (Å²) in [6.45, 7) is 0. The number of nitrogens with two attached hydrogens (primary N) is 1. The maximum atomic E-state index is 10.5. The molecule has 1 amide bonds. The summed E-state index contributed by atoms with van der Waals surface area (Å²) in [7, 11) is 0. The van der Waals surface area contributed by atoms with Crippen LogP contribution in [0.25, 0.3) is 0 Å². The molecular weight excluding hydrogens is 132 g/mol. The lowest BCUT2D eigenvalue weighted by Crippen LogP contribution is -2.14. The molecule has 1 rings (SSSR count). The Labute approximate surface area is 57.6 Å². The first kappa shape index (κ1) is 6.54. The van der Waals surface area contributed by atoms with Crippen molar-refractivity contribution in [3.63, 3.8) is 0 Å². The van der Waals surface area contributed by atoms with Gasteiger partial charge in [-0.2, -0.15) is 0 Å². The van der Waals surface area contributed by atoms with Gasteiger partial charge in [-0.1, -0.05) is 5.16 Å². The van der Waals surface area contributed by atoms with Crippen molar-refractivity contribution in [2.75, 3.05) is 0 Å². The zero-order valence-corrected chi connectivity index (χ0v) is 5.15. The quantitative estimate of drug-likeness (QED) is 0.551. The van der Waals surface area contributed by atoms with E-state index in [1.807, 2.05) is 0 Å². The predicted molar refractivity (Wildman–Crippen MR) is 36.0 cm³/mol. The molecule has 0 fully saturated rings. The molecule has 52 valence electrons. The van der Waals surface area contributed by atoms with Crippen LogP contribution in [0.2, 0.25) is 0 Å². The van der Waals surface area contributed by atoms with E-state index >= 15 is 0 Å². The Morgan fingerprint density at radius 1 is 1.70 bits per heavy atom. The summed E-state index contributed by atoms with van der Waals surface area (Å²) in [6, 6.07) is 0. The first-order valence-corrected chi connectivity index (χ1v) is 2.66. The van der Waals surface area contributed by atoms with E-state index in [0.717, 1.165) is 0 Å². The van der Waals surface area contributed by atoms with Crippen molar-refractivity contribution >= 4 is 12.1 Å². The monoisotopic (exact) mass is 138 g/mol. The fraction of sp³-hybridized carbons (Fsp3) is 0. The molecule has 1 heterocycles. The zero-order chi connectivity index (χ0) is 7.40. The lowest BCUT2D eigenvalue weighted by atomic mass is 10.2. The lowest BCUT2D eigenvalue weighted by Gasteiger charge is -1.87. The molecule has 0 spiro atoms. The summed E-state index contributed by atoms with van der Waals surface area (Å²) >= 11 is 0. The number of carbonyl (C=O) groups is 1. The third kappa shape index (κ3) is 1.45. The van der Waals surface area contributed by atoms with Gasteiger partial charge in [0.1, 0.15) is 6.26 Å². The number of hydrogen-bond donors (Lipinski definition) is 1. The smallest absolute Gasteiger partial charge is 0.250 e. The molecule has 0 radical (unpaired) electrons. The molecule has 10 heavy (non-hydrogen) atoms. The number of nitrogens with zero attached hydrogens (tertiary/aromatic N) is 1. The van der Waals surface area contributed by atoms with E-state index < -0.39 is 5.91 Å². The van der Waals surface area contributed by atoms with Crippen LogP contribution < -0.4 is 5.73 Å². The van der Waals surface area contributed by atoms with Gasteiger partial charge in [0.25, 0.3) is 0 Å². The van der Waals surface area contributed by atoms with E-state index in [1.54, 1.807) is 6.08 Å². The van der Waals surface area contributed by atoms with Crippen molar-refractivity contribution in [2.24, 2.45) is 10.9 Å². The van der Waals surface area contributed by atoms with Gasteiger partial charge < -0.3 is 10.6 Å². The highest BCUT2D eigenvalue weighted by atomic mass is 16.6. The molecule has 0 aromatic heterocycles. The van der Waals surface area contributed by atoms with Gasteiger partial charge in [-0.25, -0.2) is 0 Å². The molecule has 1 aliphatic rings. The van der Waals surface area contributed by atoms with Gasteiger partial charge in [-0.3, -0.25) is 4.79 Å². The Morgan fingerprint density at radius 3 is 3.20 bits per heavy atom. The highest BCUT2D eigenvalue weighted by molar-refractivity contribution is 6.11. The summed E-state index contributed by atoms with van der Waals surface area (Å²) in [5.41, 5.74) is 5.28. The average molecular weight is 138 g/mol. The maximum absolute atomic E-state index is 10.5. The number of oxime groups is 1. The van der Waals surface area contributed by atoms with Crippen molar-refractivity contribution in [3.8, 4) is 0 Å². The van der Waals surface area contributed by atoms with E-state index in [2.05, 4.69) is 9.99 Å². The molecule has 0 saturated carbocycles. The number of hydrogen-bond acceptors (Lipinski definition) is 3. The van der Waals surface area contributed by atoms with Gasteiger partial charge >= 0.3 is 0 Å². The fourth-order valence-corrected chi connectivity index (χ4v) is 0.489. The van der Waals surface area contributed by atoms with Crippen LogP contribution in [0.15, 0.2) is 29.1 Å². The van der Waals surface area contributed by atoms with E-state index in [9.17, 15) is 4.79 Å². The van der Waals surface area contributed by atoms with E-state index in [0.29, 0.717) is 5.57 Å². The Balaban J connectivity index is 2.83. The first-order chi connectivity index (χ1) is 4.80. The lowest BCUT2D eigenvalue weighted by molar-refractivity contribution is -0.114. The number of allylic oxidation sites excluding steroid dienone is 2. The van der Waals surface area contributed by atoms with E-state index in [1.165, 1.54) is 18.6 Å². The molecule has 0 unspecified atom stereocenters. The average Bonchev–Trinajstić information content (AvgIpc) is 2.12. The Hall–Kier alpha value is -1.58.